The molecule has 0 fully saturated rings. The van der Waals surface area contributed by atoms with Crippen LogP contribution in [0.2, 0.25) is 0 Å². The average molecular weight is 206 g/mol. The summed E-state index contributed by atoms with van der Waals surface area (Å²) < 4.78 is 0. The van der Waals surface area contributed by atoms with Gasteiger partial charge in [-0.05, 0) is 30.9 Å². The van der Waals surface area contributed by atoms with Crippen LogP contribution >= 0.6 is 11.8 Å². The van der Waals surface area contributed by atoms with Crippen LogP contribution in [0.15, 0.2) is 34.2 Å². The lowest BCUT2D eigenvalue weighted by Crippen LogP contribution is -1.83. The zero-order valence-corrected chi connectivity index (χ0v) is 8.82. The largest absolute Gasteiger partial charge is 0.249 e. The molecule has 0 aliphatic carbocycles. The molecule has 0 aromatic carbocycles. The standard InChI is InChI=1S/C9H10N4S/c1-7(12-13-10)6-8-4-3-5-11-9(8)14-2/h3-6H,1-2H3/b7-6-. The van der Waals surface area contributed by atoms with Crippen molar-refractivity contribution < 1.29 is 0 Å². The summed E-state index contributed by atoms with van der Waals surface area (Å²) in [5.41, 5.74) is 9.85. The van der Waals surface area contributed by atoms with Crippen LogP contribution < -0.4 is 0 Å². The fourth-order valence-electron chi connectivity index (χ4n) is 1.01. The van der Waals surface area contributed by atoms with Gasteiger partial charge in [0, 0.05) is 22.4 Å². The molecule has 1 heterocycles. The summed E-state index contributed by atoms with van der Waals surface area (Å²) in [5.74, 6) is 0. The summed E-state index contributed by atoms with van der Waals surface area (Å²) >= 11 is 1.57. The second-order valence-electron chi connectivity index (χ2n) is 2.58. The summed E-state index contributed by atoms with van der Waals surface area (Å²) in [5, 5.41) is 4.43. The highest BCUT2D eigenvalue weighted by atomic mass is 32.2. The molecular formula is C9H10N4S. The van der Waals surface area contributed by atoms with Gasteiger partial charge in [-0.3, -0.25) is 0 Å². The Morgan fingerprint density at radius 1 is 1.71 bits per heavy atom. The van der Waals surface area contributed by atoms with E-state index in [1.54, 1.807) is 24.9 Å². The Hall–Kier alpha value is -1.45. The molecule has 0 bridgehead atoms. The summed E-state index contributed by atoms with van der Waals surface area (Å²) in [6.45, 7) is 1.76. The lowest BCUT2D eigenvalue weighted by atomic mass is 10.2. The third-order valence-electron chi connectivity index (χ3n) is 1.56. The van der Waals surface area contributed by atoms with Crippen LogP contribution in [0.25, 0.3) is 16.5 Å². The van der Waals surface area contributed by atoms with Gasteiger partial charge in [0.1, 0.15) is 5.03 Å². The first kappa shape index (κ1) is 10.6. The minimum atomic E-state index is 0.635. The van der Waals surface area contributed by atoms with Gasteiger partial charge in [0.15, 0.2) is 0 Å². The molecule has 0 saturated carbocycles. The Morgan fingerprint density at radius 2 is 2.50 bits per heavy atom. The Kier molecular flexibility index (Phi) is 4.04. The predicted molar refractivity (Wildman–Crippen MR) is 58.8 cm³/mol. The molecule has 1 aromatic heterocycles. The average Bonchev–Trinajstić information content (AvgIpc) is 2.19. The van der Waals surface area contributed by atoms with Gasteiger partial charge in [0.05, 0.1) is 0 Å². The van der Waals surface area contributed by atoms with Gasteiger partial charge in [-0.25, -0.2) is 4.98 Å². The molecule has 1 rings (SSSR count). The Labute approximate surface area is 86.7 Å². The second-order valence-corrected chi connectivity index (χ2v) is 3.37. The van der Waals surface area contributed by atoms with Crippen LogP contribution in [0.4, 0.5) is 0 Å². The predicted octanol–water partition coefficient (Wildman–Crippen LogP) is 3.47. The number of hydrogen-bond donors (Lipinski definition) is 0. The normalized spacial score (nSPS) is 10.9. The van der Waals surface area contributed by atoms with E-state index in [9.17, 15) is 0 Å². The highest BCUT2D eigenvalue weighted by Gasteiger charge is 1.98. The first-order valence-corrected chi connectivity index (χ1v) is 5.23. The van der Waals surface area contributed by atoms with E-state index in [1.807, 2.05) is 24.5 Å². The SMILES string of the molecule is CSc1ncccc1/C=C(/C)N=[N+]=[N-]. The molecule has 0 aliphatic heterocycles. The molecule has 5 heteroatoms. The fourth-order valence-corrected chi connectivity index (χ4v) is 1.54. The van der Waals surface area contributed by atoms with Crippen LogP contribution in [0.1, 0.15) is 12.5 Å². The van der Waals surface area contributed by atoms with Gasteiger partial charge >= 0.3 is 0 Å². The molecule has 72 valence electrons. The topological polar surface area (TPSA) is 61.7 Å². The number of azide groups is 1. The van der Waals surface area contributed by atoms with E-state index in [1.165, 1.54) is 0 Å². The van der Waals surface area contributed by atoms with Gasteiger partial charge in [0.2, 0.25) is 0 Å². The molecule has 0 amide bonds. The van der Waals surface area contributed by atoms with Crippen LogP contribution in [0, 0.1) is 0 Å². The number of aromatic nitrogens is 1. The van der Waals surface area contributed by atoms with Crippen LogP contribution in [0.3, 0.4) is 0 Å². The quantitative estimate of drug-likeness (QED) is 0.329. The first-order chi connectivity index (χ1) is 6.77. The third-order valence-corrected chi connectivity index (χ3v) is 2.29. The van der Waals surface area contributed by atoms with Crippen molar-refractivity contribution in [2.75, 3.05) is 6.26 Å². The number of thioether (sulfide) groups is 1. The van der Waals surface area contributed by atoms with Crippen LogP contribution in [-0.2, 0) is 0 Å². The summed E-state index contributed by atoms with van der Waals surface area (Å²) in [4.78, 5) is 6.91. The van der Waals surface area contributed by atoms with E-state index in [0.717, 1.165) is 10.6 Å². The van der Waals surface area contributed by atoms with Crippen molar-refractivity contribution in [1.82, 2.24) is 4.98 Å². The number of nitrogens with zero attached hydrogens (tertiary/aromatic N) is 4. The van der Waals surface area contributed by atoms with Gasteiger partial charge in [-0.2, -0.15) is 0 Å². The van der Waals surface area contributed by atoms with Crippen molar-refractivity contribution >= 4 is 17.8 Å². The maximum Gasteiger partial charge on any atom is 0.103 e. The fraction of sp³-hybridized carbons (Fsp3) is 0.222. The van der Waals surface area contributed by atoms with Crippen molar-refractivity contribution in [2.45, 2.75) is 11.9 Å². The van der Waals surface area contributed by atoms with Crippen molar-refractivity contribution in [3.8, 4) is 0 Å². The lowest BCUT2D eigenvalue weighted by molar-refractivity contribution is 1.12. The maximum absolute atomic E-state index is 8.24. The summed E-state index contributed by atoms with van der Waals surface area (Å²) in [6, 6.07) is 3.80. The third kappa shape index (κ3) is 2.80. The van der Waals surface area contributed by atoms with Crippen molar-refractivity contribution in [3.05, 3.63) is 40.0 Å². The molecule has 0 spiro atoms. The van der Waals surface area contributed by atoms with Gasteiger partial charge in [0.25, 0.3) is 0 Å². The van der Waals surface area contributed by atoms with Gasteiger partial charge < -0.3 is 0 Å². The molecular weight excluding hydrogens is 196 g/mol. The van der Waals surface area contributed by atoms with E-state index in [2.05, 4.69) is 15.0 Å². The summed E-state index contributed by atoms with van der Waals surface area (Å²) in [6.07, 6.45) is 5.52. The molecule has 0 N–H and O–H groups in total. The van der Waals surface area contributed by atoms with Crippen molar-refractivity contribution in [1.29, 1.82) is 0 Å². The van der Waals surface area contributed by atoms with E-state index in [4.69, 9.17) is 5.53 Å². The minimum absolute atomic E-state index is 0.635. The Morgan fingerprint density at radius 3 is 3.14 bits per heavy atom. The van der Waals surface area contributed by atoms with Gasteiger partial charge in [-0.1, -0.05) is 11.2 Å². The minimum Gasteiger partial charge on any atom is -0.249 e. The van der Waals surface area contributed by atoms with E-state index in [0.29, 0.717) is 5.70 Å². The molecule has 4 nitrogen and oxygen atoms in total. The Bertz CT molecular complexity index is 394. The summed E-state index contributed by atoms with van der Waals surface area (Å²) in [7, 11) is 0. The van der Waals surface area contributed by atoms with Crippen LogP contribution in [-0.4, -0.2) is 11.2 Å². The van der Waals surface area contributed by atoms with Gasteiger partial charge in [-0.15, -0.1) is 11.8 Å². The van der Waals surface area contributed by atoms with Crippen molar-refractivity contribution in [2.24, 2.45) is 5.11 Å². The highest BCUT2D eigenvalue weighted by Crippen LogP contribution is 2.19. The molecule has 0 aliphatic rings. The van der Waals surface area contributed by atoms with E-state index >= 15 is 0 Å². The molecule has 0 unspecified atom stereocenters. The number of allylic oxidation sites excluding steroid dienone is 1. The smallest absolute Gasteiger partial charge is 0.103 e. The number of hydrogen-bond acceptors (Lipinski definition) is 3. The maximum atomic E-state index is 8.24. The van der Waals surface area contributed by atoms with Crippen molar-refractivity contribution in [3.63, 3.8) is 0 Å². The lowest BCUT2D eigenvalue weighted by Gasteiger charge is -2.00. The van der Waals surface area contributed by atoms with E-state index < -0.39 is 0 Å². The zero-order valence-electron chi connectivity index (χ0n) is 8.01. The number of rotatable bonds is 3. The molecule has 0 atom stereocenters. The molecule has 0 saturated heterocycles. The number of pyridine rings is 1. The monoisotopic (exact) mass is 206 g/mol. The first-order valence-electron chi connectivity index (χ1n) is 4.00. The highest BCUT2D eigenvalue weighted by molar-refractivity contribution is 7.98. The zero-order chi connectivity index (χ0) is 10.4. The second kappa shape index (κ2) is 5.32. The molecule has 14 heavy (non-hydrogen) atoms. The Balaban J connectivity index is 3.06. The molecule has 0 radical (unpaired) electrons. The molecule has 1 aromatic rings. The van der Waals surface area contributed by atoms with Crippen LogP contribution in [0.5, 0.6) is 0 Å². The van der Waals surface area contributed by atoms with E-state index in [-0.39, 0.29) is 0 Å².